The van der Waals surface area contributed by atoms with Crippen LogP contribution in [0.25, 0.3) is 0 Å². The molecule has 0 aliphatic heterocycles. The number of esters is 1. The van der Waals surface area contributed by atoms with E-state index in [1.807, 2.05) is 30.3 Å². The topological polar surface area (TPSA) is 52.3 Å². The average Bonchev–Trinajstić information content (AvgIpc) is 2.46. The lowest BCUT2D eigenvalue weighted by Crippen LogP contribution is -2.24. The maximum atomic E-state index is 11.8. The third-order valence-electron chi connectivity index (χ3n) is 3.92. The molecule has 3 heteroatoms. The highest BCUT2D eigenvalue weighted by atomic mass is 16.5. The van der Waals surface area contributed by atoms with Crippen molar-refractivity contribution in [2.24, 2.45) is 17.6 Å². The third-order valence-corrected chi connectivity index (χ3v) is 3.92. The van der Waals surface area contributed by atoms with Crippen LogP contribution in [0.1, 0.15) is 37.7 Å². The number of ether oxygens (including phenoxy) is 1. The molecule has 1 aromatic carbocycles. The van der Waals surface area contributed by atoms with E-state index < -0.39 is 0 Å². The van der Waals surface area contributed by atoms with Gasteiger partial charge in [0.1, 0.15) is 6.61 Å². The zero-order valence-electron chi connectivity index (χ0n) is 11.4. The van der Waals surface area contributed by atoms with Crippen molar-refractivity contribution < 1.29 is 9.53 Å². The summed E-state index contributed by atoms with van der Waals surface area (Å²) in [5.74, 6) is 0.984. The fourth-order valence-electron chi connectivity index (χ4n) is 2.83. The molecule has 0 bridgehead atoms. The minimum atomic E-state index is -0.0773. The Hall–Kier alpha value is -1.35. The van der Waals surface area contributed by atoms with E-state index in [1.54, 1.807) is 0 Å². The second-order valence-corrected chi connectivity index (χ2v) is 5.48. The molecule has 2 rings (SSSR count). The molecule has 1 aromatic rings. The number of carbonyl (C=O) groups is 1. The molecule has 2 atom stereocenters. The van der Waals surface area contributed by atoms with E-state index in [9.17, 15) is 4.79 Å². The second kappa shape index (κ2) is 7.29. The molecule has 0 spiro atoms. The van der Waals surface area contributed by atoms with Crippen LogP contribution >= 0.6 is 0 Å². The van der Waals surface area contributed by atoms with Crippen molar-refractivity contribution in [1.29, 1.82) is 0 Å². The first-order valence-corrected chi connectivity index (χ1v) is 7.17. The van der Waals surface area contributed by atoms with Gasteiger partial charge >= 0.3 is 5.97 Å². The van der Waals surface area contributed by atoms with Gasteiger partial charge in [-0.2, -0.15) is 0 Å². The van der Waals surface area contributed by atoms with Crippen LogP contribution in [-0.4, -0.2) is 12.5 Å². The Morgan fingerprint density at radius 3 is 2.68 bits per heavy atom. The van der Waals surface area contributed by atoms with Crippen LogP contribution in [0.2, 0.25) is 0 Å². The Morgan fingerprint density at radius 2 is 1.95 bits per heavy atom. The summed E-state index contributed by atoms with van der Waals surface area (Å²) in [5.41, 5.74) is 6.76. The van der Waals surface area contributed by atoms with Crippen molar-refractivity contribution in [3.63, 3.8) is 0 Å². The smallest absolute Gasteiger partial charge is 0.306 e. The number of nitrogens with two attached hydrogens (primary N) is 1. The number of hydrogen-bond acceptors (Lipinski definition) is 3. The number of benzene rings is 1. The van der Waals surface area contributed by atoms with Crippen molar-refractivity contribution >= 4 is 5.97 Å². The minimum Gasteiger partial charge on any atom is -0.461 e. The van der Waals surface area contributed by atoms with Crippen molar-refractivity contribution in [3.05, 3.63) is 35.9 Å². The summed E-state index contributed by atoms with van der Waals surface area (Å²) in [6.45, 7) is 1.13. The third kappa shape index (κ3) is 4.67. The van der Waals surface area contributed by atoms with Gasteiger partial charge in [-0.05, 0) is 43.2 Å². The SMILES string of the molecule is NC[C@@H]1CCC[C@H](CC(=O)OCc2ccccc2)C1. The van der Waals surface area contributed by atoms with Crippen molar-refractivity contribution in [2.45, 2.75) is 38.7 Å². The van der Waals surface area contributed by atoms with Gasteiger partial charge in [0.2, 0.25) is 0 Å². The fraction of sp³-hybridized carbons (Fsp3) is 0.562. The summed E-state index contributed by atoms with van der Waals surface area (Å²) in [6.07, 6.45) is 5.17. The molecular formula is C16H23NO2. The lowest BCUT2D eigenvalue weighted by atomic mass is 9.80. The van der Waals surface area contributed by atoms with Crippen LogP contribution in [-0.2, 0) is 16.1 Å². The van der Waals surface area contributed by atoms with E-state index in [4.69, 9.17) is 10.5 Å². The minimum absolute atomic E-state index is 0.0773. The molecule has 3 nitrogen and oxygen atoms in total. The molecule has 0 amide bonds. The van der Waals surface area contributed by atoms with Gasteiger partial charge in [-0.15, -0.1) is 0 Å². The lowest BCUT2D eigenvalue weighted by Gasteiger charge is -2.27. The average molecular weight is 261 g/mol. The monoisotopic (exact) mass is 261 g/mol. The van der Waals surface area contributed by atoms with Crippen LogP contribution in [0.5, 0.6) is 0 Å². The molecule has 1 aliphatic carbocycles. The summed E-state index contributed by atoms with van der Waals surface area (Å²) < 4.78 is 5.33. The Morgan fingerprint density at radius 1 is 1.21 bits per heavy atom. The zero-order valence-corrected chi connectivity index (χ0v) is 11.4. The first-order chi connectivity index (χ1) is 9.28. The van der Waals surface area contributed by atoms with Gasteiger partial charge in [0.15, 0.2) is 0 Å². The summed E-state index contributed by atoms with van der Waals surface area (Å²) >= 11 is 0. The summed E-state index contributed by atoms with van der Waals surface area (Å²) in [5, 5.41) is 0. The van der Waals surface area contributed by atoms with E-state index in [1.165, 1.54) is 12.8 Å². The molecule has 2 N–H and O–H groups in total. The lowest BCUT2D eigenvalue weighted by molar-refractivity contribution is -0.146. The summed E-state index contributed by atoms with van der Waals surface area (Å²) in [4.78, 5) is 11.8. The summed E-state index contributed by atoms with van der Waals surface area (Å²) in [6, 6.07) is 9.81. The van der Waals surface area contributed by atoms with Gasteiger partial charge in [-0.3, -0.25) is 4.79 Å². The largest absolute Gasteiger partial charge is 0.461 e. The van der Waals surface area contributed by atoms with Gasteiger partial charge in [0, 0.05) is 6.42 Å². The van der Waals surface area contributed by atoms with E-state index in [-0.39, 0.29) is 5.97 Å². The highest BCUT2D eigenvalue weighted by Crippen LogP contribution is 2.30. The van der Waals surface area contributed by atoms with Crippen LogP contribution in [0.4, 0.5) is 0 Å². The van der Waals surface area contributed by atoms with Crippen molar-refractivity contribution in [1.82, 2.24) is 0 Å². The molecule has 1 saturated carbocycles. The molecule has 19 heavy (non-hydrogen) atoms. The first-order valence-electron chi connectivity index (χ1n) is 7.17. The molecule has 0 heterocycles. The highest BCUT2D eigenvalue weighted by molar-refractivity contribution is 5.69. The Balaban J connectivity index is 1.72. The molecule has 0 radical (unpaired) electrons. The van der Waals surface area contributed by atoms with Crippen LogP contribution < -0.4 is 5.73 Å². The van der Waals surface area contributed by atoms with Gasteiger partial charge in [0.05, 0.1) is 0 Å². The second-order valence-electron chi connectivity index (χ2n) is 5.48. The number of rotatable bonds is 5. The zero-order chi connectivity index (χ0) is 13.5. The predicted octanol–water partition coefficient (Wildman–Crippen LogP) is 2.89. The van der Waals surface area contributed by atoms with Crippen LogP contribution in [0.3, 0.4) is 0 Å². The van der Waals surface area contributed by atoms with Crippen molar-refractivity contribution in [3.8, 4) is 0 Å². The Labute approximate surface area is 115 Å². The van der Waals surface area contributed by atoms with Crippen LogP contribution in [0.15, 0.2) is 30.3 Å². The van der Waals surface area contributed by atoms with E-state index in [0.717, 1.165) is 24.9 Å². The molecule has 0 aromatic heterocycles. The van der Waals surface area contributed by atoms with Gasteiger partial charge in [0.25, 0.3) is 0 Å². The molecule has 1 fully saturated rings. The summed E-state index contributed by atoms with van der Waals surface area (Å²) in [7, 11) is 0. The highest BCUT2D eigenvalue weighted by Gasteiger charge is 2.23. The normalized spacial score (nSPS) is 23.0. The first kappa shape index (κ1) is 14.1. The number of carbonyl (C=O) groups excluding carboxylic acids is 1. The maximum Gasteiger partial charge on any atom is 0.306 e. The Bertz CT molecular complexity index is 391. The maximum absolute atomic E-state index is 11.8. The van der Waals surface area contributed by atoms with Gasteiger partial charge < -0.3 is 10.5 Å². The molecule has 0 unspecified atom stereocenters. The Kier molecular flexibility index (Phi) is 5.40. The van der Waals surface area contributed by atoms with Gasteiger partial charge in [-0.25, -0.2) is 0 Å². The predicted molar refractivity (Wildman–Crippen MR) is 75.4 cm³/mol. The molecule has 0 saturated heterocycles. The molecular weight excluding hydrogens is 238 g/mol. The van der Waals surface area contributed by atoms with Gasteiger partial charge in [-0.1, -0.05) is 36.8 Å². The molecule has 1 aliphatic rings. The van der Waals surface area contributed by atoms with E-state index in [2.05, 4.69) is 0 Å². The van der Waals surface area contributed by atoms with Crippen molar-refractivity contribution in [2.75, 3.05) is 6.54 Å². The number of hydrogen-bond donors (Lipinski definition) is 1. The van der Waals surface area contributed by atoms with Crippen LogP contribution in [0, 0.1) is 11.8 Å². The fourth-order valence-corrected chi connectivity index (χ4v) is 2.83. The quantitative estimate of drug-likeness (QED) is 0.829. The standard InChI is InChI=1S/C16H23NO2/c17-11-15-8-4-7-14(9-15)10-16(18)19-12-13-5-2-1-3-6-13/h1-3,5-6,14-15H,4,7-12,17H2/t14-,15+/m0/s1. The van der Waals surface area contributed by atoms with E-state index in [0.29, 0.717) is 24.9 Å². The molecule has 104 valence electrons. The van der Waals surface area contributed by atoms with E-state index >= 15 is 0 Å².